The van der Waals surface area contributed by atoms with Crippen molar-refractivity contribution >= 4 is 5.69 Å². The first kappa shape index (κ1) is 24.9. The number of benzene rings is 3. The summed E-state index contributed by atoms with van der Waals surface area (Å²) in [6, 6.07) is 14.4. The van der Waals surface area contributed by atoms with Crippen molar-refractivity contribution < 1.29 is 14.6 Å². The van der Waals surface area contributed by atoms with Crippen molar-refractivity contribution in [2.75, 3.05) is 33.0 Å². The molecule has 0 spiro atoms. The lowest BCUT2D eigenvalue weighted by atomic mass is 9.84. The molecule has 0 aliphatic heterocycles. The van der Waals surface area contributed by atoms with Gasteiger partial charge in [0.15, 0.2) is 11.5 Å². The van der Waals surface area contributed by atoms with Crippen LogP contribution in [0.1, 0.15) is 54.0 Å². The topological polar surface area (TPSA) is 76.7 Å². The lowest BCUT2D eigenvalue weighted by Crippen LogP contribution is -2.17. The summed E-state index contributed by atoms with van der Waals surface area (Å²) in [5, 5.41) is 14.4. The Kier molecular flexibility index (Phi) is 8.19. The van der Waals surface area contributed by atoms with Gasteiger partial charge in [-0.2, -0.15) is 0 Å². The number of ether oxygens (including phenoxy) is 2. The molecule has 4 N–H and O–H groups in total. The van der Waals surface area contributed by atoms with E-state index in [2.05, 4.69) is 36.5 Å². The Morgan fingerprint density at radius 2 is 1.69 bits per heavy atom. The van der Waals surface area contributed by atoms with E-state index >= 15 is 0 Å². The van der Waals surface area contributed by atoms with E-state index in [0.717, 1.165) is 67.4 Å². The molecular formula is C30H38N2O3. The number of aryl methyl sites for hydroxylation is 1. The van der Waals surface area contributed by atoms with E-state index in [0.29, 0.717) is 23.6 Å². The summed E-state index contributed by atoms with van der Waals surface area (Å²) in [5.74, 6) is 1.53. The van der Waals surface area contributed by atoms with Gasteiger partial charge in [0.1, 0.15) is 5.75 Å². The van der Waals surface area contributed by atoms with Crippen molar-refractivity contribution in [2.45, 2.75) is 51.9 Å². The van der Waals surface area contributed by atoms with Crippen LogP contribution < -0.4 is 20.5 Å². The minimum absolute atomic E-state index is 0.261. The smallest absolute Gasteiger partial charge is 0.166 e. The Morgan fingerprint density at radius 3 is 2.40 bits per heavy atom. The number of phenols is 1. The first-order valence-corrected chi connectivity index (χ1v) is 12.7. The highest BCUT2D eigenvalue weighted by atomic mass is 16.5. The number of hydrogen-bond acceptors (Lipinski definition) is 5. The number of methoxy groups -OCH3 is 2. The molecule has 0 fully saturated rings. The van der Waals surface area contributed by atoms with Crippen LogP contribution >= 0.6 is 0 Å². The number of fused-ring (bicyclic) bond motifs is 1. The van der Waals surface area contributed by atoms with Crippen molar-refractivity contribution in [3.05, 3.63) is 70.3 Å². The maximum Gasteiger partial charge on any atom is 0.166 e. The van der Waals surface area contributed by atoms with Crippen LogP contribution in [-0.4, -0.2) is 32.4 Å². The monoisotopic (exact) mass is 474 g/mol. The molecule has 3 aromatic carbocycles. The molecule has 1 aliphatic carbocycles. The third-order valence-electron chi connectivity index (χ3n) is 7.01. The van der Waals surface area contributed by atoms with Gasteiger partial charge in [0.05, 0.1) is 14.2 Å². The first-order valence-electron chi connectivity index (χ1n) is 12.7. The Bertz CT molecular complexity index is 1160. The van der Waals surface area contributed by atoms with Gasteiger partial charge in [0.2, 0.25) is 0 Å². The first-order chi connectivity index (χ1) is 17.1. The summed E-state index contributed by atoms with van der Waals surface area (Å²) in [6.07, 6.45) is 7.03. The lowest BCUT2D eigenvalue weighted by Gasteiger charge is -2.24. The molecule has 0 saturated heterocycles. The second kappa shape index (κ2) is 11.5. The maximum absolute atomic E-state index is 10.9. The standard InChI is InChI=1S/C30H38N2O3/c1-4-16-32-17-15-20-9-11-21(12-10-20)18-25-29(31)24(19-27(34-2)30(25)35-3)28-23-8-6-5-7-22(23)13-14-26(28)33/h9-14,19,32-33H,4-8,15-18,31H2,1-3H3. The number of nitrogens with one attached hydrogen (secondary N) is 1. The van der Waals surface area contributed by atoms with Gasteiger partial charge in [-0.15, -0.1) is 0 Å². The predicted octanol–water partition coefficient (Wildman–Crippen LogP) is 5.67. The molecule has 186 valence electrons. The Hall–Kier alpha value is -3.18. The van der Waals surface area contributed by atoms with Crippen LogP contribution in [0.25, 0.3) is 11.1 Å². The van der Waals surface area contributed by atoms with E-state index in [-0.39, 0.29) is 5.75 Å². The summed E-state index contributed by atoms with van der Waals surface area (Å²) < 4.78 is 11.5. The van der Waals surface area contributed by atoms with E-state index in [4.69, 9.17) is 15.2 Å². The number of nitrogen functional groups attached to an aromatic ring is 1. The average Bonchev–Trinajstić information content (AvgIpc) is 2.89. The fraction of sp³-hybridized carbons (Fsp3) is 0.400. The van der Waals surface area contributed by atoms with Crippen LogP contribution in [0.15, 0.2) is 42.5 Å². The molecular weight excluding hydrogens is 436 g/mol. The molecule has 0 saturated carbocycles. The molecule has 1 aliphatic rings. The number of aromatic hydroxyl groups is 1. The van der Waals surface area contributed by atoms with Crippen LogP contribution in [-0.2, 0) is 25.7 Å². The van der Waals surface area contributed by atoms with E-state index in [1.807, 2.05) is 12.1 Å². The lowest BCUT2D eigenvalue weighted by molar-refractivity contribution is 0.352. The Balaban J connectivity index is 1.72. The number of nitrogens with two attached hydrogens (primary N) is 1. The predicted molar refractivity (Wildman–Crippen MR) is 144 cm³/mol. The fourth-order valence-electron chi connectivity index (χ4n) is 5.14. The van der Waals surface area contributed by atoms with Crippen molar-refractivity contribution in [2.24, 2.45) is 0 Å². The zero-order valence-electron chi connectivity index (χ0n) is 21.2. The normalized spacial score (nSPS) is 12.9. The fourth-order valence-corrected chi connectivity index (χ4v) is 5.14. The molecule has 0 aromatic heterocycles. The van der Waals surface area contributed by atoms with Gasteiger partial charge in [0, 0.05) is 28.8 Å². The van der Waals surface area contributed by atoms with E-state index in [1.54, 1.807) is 20.3 Å². The van der Waals surface area contributed by atoms with Crippen LogP contribution in [0.3, 0.4) is 0 Å². The Morgan fingerprint density at radius 1 is 0.943 bits per heavy atom. The molecule has 0 amide bonds. The van der Waals surface area contributed by atoms with Gasteiger partial charge in [-0.05, 0) is 86.0 Å². The van der Waals surface area contributed by atoms with Crippen LogP contribution in [0.5, 0.6) is 17.2 Å². The summed E-state index contributed by atoms with van der Waals surface area (Å²) in [4.78, 5) is 0. The SMILES string of the molecule is CCCNCCc1ccc(Cc2c(N)c(-c3c(O)ccc4c3CCCC4)cc(OC)c2OC)cc1. The number of hydrogen-bond donors (Lipinski definition) is 3. The van der Waals surface area contributed by atoms with Crippen LogP contribution in [0.4, 0.5) is 5.69 Å². The zero-order chi connectivity index (χ0) is 24.8. The average molecular weight is 475 g/mol. The van der Waals surface area contributed by atoms with E-state index in [9.17, 15) is 5.11 Å². The third-order valence-corrected chi connectivity index (χ3v) is 7.01. The van der Waals surface area contributed by atoms with Gasteiger partial charge in [0.25, 0.3) is 0 Å². The van der Waals surface area contributed by atoms with Gasteiger partial charge in [-0.3, -0.25) is 0 Å². The minimum Gasteiger partial charge on any atom is -0.507 e. The highest BCUT2D eigenvalue weighted by molar-refractivity contribution is 5.88. The van der Waals surface area contributed by atoms with Crippen LogP contribution in [0.2, 0.25) is 0 Å². The second-order valence-electron chi connectivity index (χ2n) is 9.35. The summed E-state index contributed by atoms with van der Waals surface area (Å²) in [6.45, 7) is 4.22. The summed E-state index contributed by atoms with van der Waals surface area (Å²) in [5.41, 5.74) is 14.9. The summed E-state index contributed by atoms with van der Waals surface area (Å²) in [7, 11) is 3.29. The Labute approximate surface area is 209 Å². The van der Waals surface area contributed by atoms with Crippen LogP contribution in [0, 0.1) is 0 Å². The number of anilines is 1. The molecule has 0 bridgehead atoms. The maximum atomic E-state index is 10.9. The van der Waals surface area contributed by atoms with Gasteiger partial charge in [-0.25, -0.2) is 0 Å². The van der Waals surface area contributed by atoms with E-state index < -0.39 is 0 Å². The zero-order valence-corrected chi connectivity index (χ0v) is 21.2. The van der Waals surface area contributed by atoms with Crippen molar-refractivity contribution in [1.82, 2.24) is 5.32 Å². The molecule has 0 heterocycles. The third kappa shape index (κ3) is 5.40. The quantitative estimate of drug-likeness (QED) is 0.261. The van der Waals surface area contributed by atoms with Crippen molar-refractivity contribution in [3.63, 3.8) is 0 Å². The molecule has 4 rings (SSSR count). The molecule has 0 atom stereocenters. The van der Waals surface area contributed by atoms with Gasteiger partial charge >= 0.3 is 0 Å². The molecule has 3 aromatic rings. The van der Waals surface area contributed by atoms with Gasteiger partial charge in [-0.1, -0.05) is 37.3 Å². The van der Waals surface area contributed by atoms with Crippen molar-refractivity contribution in [1.29, 1.82) is 0 Å². The second-order valence-corrected chi connectivity index (χ2v) is 9.35. The van der Waals surface area contributed by atoms with Crippen molar-refractivity contribution in [3.8, 4) is 28.4 Å². The number of rotatable bonds is 10. The number of phenolic OH excluding ortho intramolecular Hbond substituents is 1. The van der Waals surface area contributed by atoms with E-state index in [1.165, 1.54) is 23.1 Å². The largest absolute Gasteiger partial charge is 0.507 e. The molecule has 0 radical (unpaired) electrons. The van der Waals surface area contributed by atoms with Gasteiger partial charge < -0.3 is 25.6 Å². The molecule has 5 heteroatoms. The summed E-state index contributed by atoms with van der Waals surface area (Å²) >= 11 is 0. The molecule has 0 unspecified atom stereocenters. The highest BCUT2D eigenvalue weighted by Crippen LogP contribution is 2.47. The molecule has 5 nitrogen and oxygen atoms in total. The molecule has 35 heavy (non-hydrogen) atoms. The minimum atomic E-state index is 0.261. The highest BCUT2D eigenvalue weighted by Gasteiger charge is 2.24.